The molecule has 0 radical (unpaired) electrons. The van der Waals surface area contributed by atoms with E-state index in [0.717, 1.165) is 30.0 Å². The van der Waals surface area contributed by atoms with Crippen LogP contribution in [0.3, 0.4) is 0 Å². The number of nitrogens with two attached hydrogens (primary N) is 1. The molecule has 1 aromatic rings. The quantitative estimate of drug-likeness (QED) is 0.760. The largest absolute Gasteiger partial charge is 0.397 e. The van der Waals surface area contributed by atoms with Crippen LogP contribution in [0.2, 0.25) is 0 Å². The summed E-state index contributed by atoms with van der Waals surface area (Å²) in [6.07, 6.45) is 0.495. The van der Waals surface area contributed by atoms with Crippen molar-refractivity contribution in [2.45, 2.75) is 27.2 Å². The Labute approximate surface area is 109 Å². The molecule has 4 heteroatoms. The van der Waals surface area contributed by atoms with Gasteiger partial charge in [-0.2, -0.15) is 0 Å². The fraction of sp³-hybridized carbons (Fsp3) is 0.500. The third-order valence-corrected chi connectivity index (χ3v) is 3.06. The minimum Gasteiger partial charge on any atom is -0.397 e. The van der Waals surface area contributed by atoms with Gasteiger partial charge in [-0.15, -0.1) is 0 Å². The summed E-state index contributed by atoms with van der Waals surface area (Å²) in [5.74, 6) is 0.180. The van der Waals surface area contributed by atoms with E-state index in [1.165, 1.54) is 0 Å². The van der Waals surface area contributed by atoms with E-state index in [-0.39, 0.29) is 5.91 Å². The fourth-order valence-electron chi connectivity index (χ4n) is 1.96. The summed E-state index contributed by atoms with van der Waals surface area (Å²) >= 11 is 0. The number of carbonyl (C=O) groups excluding carboxylic acids is 1. The van der Waals surface area contributed by atoms with E-state index in [0.29, 0.717) is 13.0 Å². The third-order valence-electron chi connectivity index (χ3n) is 3.06. The topological polar surface area (TPSA) is 58.4 Å². The monoisotopic (exact) mass is 249 g/mol. The number of rotatable bonds is 6. The SMILES string of the molecule is CCN(CC)C(=O)CCNc1c(C)cccc1N. The molecule has 0 aromatic heterocycles. The molecule has 0 aliphatic heterocycles. The van der Waals surface area contributed by atoms with Crippen LogP contribution in [0.15, 0.2) is 18.2 Å². The van der Waals surface area contributed by atoms with Crippen LogP contribution < -0.4 is 11.1 Å². The lowest BCUT2D eigenvalue weighted by molar-refractivity contribution is -0.130. The number of nitrogens with zero attached hydrogens (tertiary/aromatic N) is 1. The number of nitrogen functional groups attached to an aromatic ring is 1. The molecule has 3 N–H and O–H groups in total. The van der Waals surface area contributed by atoms with Crippen LogP contribution in [0.5, 0.6) is 0 Å². The molecular formula is C14H23N3O. The Morgan fingerprint density at radius 2 is 2.00 bits per heavy atom. The van der Waals surface area contributed by atoms with Gasteiger partial charge in [0.25, 0.3) is 0 Å². The van der Waals surface area contributed by atoms with Crippen molar-refractivity contribution >= 4 is 17.3 Å². The second-order valence-corrected chi connectivity index (χ2v) is 4.28. The zero-order valence-corrected chi connectivity index (χ0v) is 11.5. The zero-order valence-electron chi connectivity index (χ0n) is 11.5. The van der Waals surface area contributed by atoms with Crippen molar-refractivity contribution in [3.63, 3.8) is 0 Å². The van der Waals surface area contributed by atoms with Crippen LogP contribution in [0.4, 0.5) is 11.4 Å². The maximum Gasteiger partial charge on any atom is 0.224 e. The molecule has 0 unspecified atom stereocenters. The number of hydrogen-bond donors (Lipinski definition) is 2. The maximum atomic E-state index is 11.8. The Kier molecular flexibility index (Phi) is 5.49. The summed E-state index contributed by atoms with van der Waals surface area (Å²) in [5.41, 5.74) is 8.66. The molecule has 0 bridgehead atoms. The highest BCUT2D eigenvalue weighted by Crippen LogP contribution is 2.22. The second kappa shape index (κ2) is 6.89. The molecule has 0 saturated heterocycles. The summed E-state index contributed by atoms with van der Waals surface area (Å²) < 4.78 is 0. The molecule has 1 amide bonds. The summed E-state index contributed by atoms with van der Waals surface area (Å²) in [6, 6.07) is 5.79. The Morgan fingerprint density at radius 3 is 2.56 bits per heavy atom. The minimum absolute atomic E-state index is 0.180. The van der Waals surface area contributed by atoms with E-state index in [9.17, 15) is 4.79 Å². The Bertz CT molecular complexity index is 380. The summed E-state index contributed by atoms with van der Waals surface area (Å²) in [6.45, 7) is 8.14. The van der Waals surface area contributed by atoms with Gasteiger partial charge < -0.3 is 16.0 Å². The first kappa shape index (κ1) is 14.4. The Balaban J connectivity index is 2.49. The lowest BCUT2D eigenvalue weighted by atomic mass is 10.1. The van der Waals surface area contributed by atoms with Gasteiger partial charge in [-0.05, 0) is 32.4 Å². The van der Waals surface area contributed by atoms with Crippen molar-refractivity contribution in [1.29, 1.82) is 0 Å². The molecule has 0 spiro atoms. The number of amides is 1. The normalized spacial score (nSPS) is 10.2. The molecule has 18 heavy (non-hydrogen) atoms. The van der Waals surface area contributed by atoms with Crippen molar-refractivity contribution < 1.29 is 4.79 Å². The van der Waals surface area contributed by atoms with Crippen LogP contribution >= 0.6 is 0 Å². The number of carbonyl (C=O) groups is 1. The predicted molar refractivity (Wildman–Crippen MR) is 76.6 cm³/mol. The highest BCUT2D eigenvalue weighted by molar-refractivity contribution is 5.77. The molecule has 0 atom stereocenters. The van der Waals surface area contributed by atoms with Crippen LogP contribution in [0.25, 0.3) is 0 Å². The summed E-state index contributed by atoms with van der Waals surface area (Å²) in [4.78, 5) is 13.7. The van der Waals surface area contributed by atoms with Crippen molar-refractivity contribution in [3.05, 3.63) is 23.8 Å². The van der Waals surface area contributed by atoms with Gasteiger partial charge in [0.1, 0.15) is 0 Å². The van der Waals surface area contributed by atoms with E-state index in [1.807, 2.05) is 43.9 Å². The molecule has 0 aliphatic rings. The first-order valence-electron chi connectivity index (χ1n) is 6.46. The standard InChI is InChI=1S/C14H23N3O/c1-4-17(5-2)13(18)9-10-16-14-11(3)7-6-8-12(14)15/h6-8,16H,4-5,9-10,15H2,1-3H3. The average Bonchev–Trinajstić information content (AvgIpc) is 2.34. The highest BCUT2D eigenvalue weighted by Gasteiger charge is 2.09. The number of aryl methyl sites for hydroxylation is 1. The van der Waals surface area contributed by atoms with Crippen LogP contribution in [-0.4, -0.2) is 30.4 Å². The molecular weight excluding hydrogens is 226 g/mol. The van der Waals surface area contributed by atoms with Gasteiger partial charge in [0.2, 0.25) is 5.91 Å². The fourth-order valence-corrected chi connectivity index (χ4v) is 1.96. The van der Waals surface area contributed by atoms with Crippen molar-refractivity contribution in [3.8, 4) is 0 Å². The van der Waals surface area contributed by atoms with E-state index in [2.05, 4.69) is 5.32 Å². The van der Waals surface area contributed by atoms with Gasteiger partial charge in [-0.3, -0.25) is 4.79 Å². The van der Waals surface area contributed by atoms with Gasteiger partial charge in [-0.25, -0.2) is 0 Å². The number of anilines is 2. The van der Waals surface area contributed by atoms with Crippen LogP contribution in [-0.2, 0) is 4.79 Å². The van der Waals surface area contributed by atoms with Gasteiger partial charge in [-0.1, -0.05) is 12.1 Å². The molecule has 1 aromatic carbocycles. The van der Waals surface area contributed by atoms with E-state index in [4.69, 9.17) is 5.73 Å². The van der Waals surface area contributed by atoms with Gasteiger partial charge >= 0.3 is 0 Å². The van der Waals surface area contributed by atoms with E-state index >= 15 is 0 Å². The summed E-state index contributed by atoms with van der Waals surface area (Å²) in [7, 11) is 0. The molecule has 0 saturated carbocycles. The van der Waals surface area contributed by atoms with Crippen molar-refractivity contribution in [1.82, 2.24) is 4.90 Å². The number of para-hydroxylation sites is 1. The minimum atomic E-state index is 0.180. The third kappa shape index (κ3) is 3.65. The number of nitrogens with one attached hydrogen (secondary N) is 1. The van der Waals surface area contributed by atoms with Gasteiger partial charge in [0.05, 0.1) is 11.4 Å². The molecule has 0 fully saturated rings. The molecule has 1 rings (SSSR count). The molecule has 4 nitrogen and oxygen atoms in total. The highest BCUT2D eigenvalue weighted by atomic mass is 16.2. The van der Waals surface area contributed by atoms with E-state index < -0.39 is 0 Å². The lowest BCUT2D eigenvalue weighted by Crippen LogP contribution is -2.31. The second-order valence-electron chi connectivity index (χ2n) is 4.28. The predicted octanol–water partition coefficient (Wildman–Crippen LogP) is 2.25. The number of hydrogen-bond acceptors (Lipinski definition) is 3. The first-order chi connectivity index (χ1) is 8.60. The van der Waals surface area contributed by atoms with Crippen LogP contribution in [0, 0.1) is 6.92 Å². The van der Waals surface area contributed by atoms with Gasteiger partial charge in [0, 0.05) is 26.1 Å². The smallest absolute Gasteiger partial charge is 0.224 e. The molecule has 0 aliphatic carbocycles. The molecule has 0 heterocycles. The maximum absolute atomic E-state index is 11.8. The number of benzene rings is 1. The van der Waals surface area contributed by atoms with Gasteiger partial charge in [0.15, 0.2) is 0 Å². The Hall–Kier alpha value is -1.71. The lowest BCUT2D eigenvalue weighted by Gasteiger charge is -2.19. The van der Waals surface area contributed by atoms with Crippen molar-refractivity contribution in [2.75, 3.05) is 30.7 Å². The zero-order chi connectivity index (χ0) is 13.5. The van der Waals surface area contributed by atoms with Crippen LogP contribution in [0.1, 0.15) is 25.8 Å². The first-order valence-corrected chi connectivity index (χ1v) is 6.46. The molecule has 100 valence electrons. The van der Waals surface area contributed by atoms with E-state index in [1.54, 1.807) is 0 Å². The van der Waals surface area contributed by atoms with Crippen molar-refractivity contribution in [2.24, 2.45) is 0 Å². The summed E-state index contributed by atoms with van der Waals surface area (Å²) in [5, 5.41) is 3.24. The average molecular weight is 249 g/mol. The Morgan fingerprint density at radius 1 is 1.33 bits per heavy atom.